The van der Waals surface area contributed by atoms with Gasteiger partial charge in [-0.25, -0.2) is 0 Å². The number of rotatable bonds is 2. The molecule has 0 amide bonds. The predicted octanol–water partition coefficient (Wildman–Crippen LogP) is 5.80. The second kappa shape index (κ2) is 5.31. The van der Waals surface area contributed by atoms with Gasteiger partial charge in [0.15, 0.2) is 0 Å². The van der Waals surface area contributed by atoms with Crippen molar-refractivity contribution in [1.82, 2.24) is 0 Å². The Bertz CT molecular complexity index is 597. The predicted molar refractivity (Wildman–Crippen MR) is 68.0 cm³/mol. The molecule has 2 rings (SSSR count). The third kappa shape index (κ3) is 3.33. The van der Waals surface area contributed by atoms with Crippen LogP contribution in [-0.2, 0) is 6.18 Å². The van der Waals surface area contributed by atoms with E-state index in [4.69, 9.17) is 27.9 Å². The second-order valence-corrected chi connectivity index (χ2v) is 4.46. The van der Waals surface area contributed by atoms with Gasteiger partial charge in [0.1, 0.15) is 16.5 Å². The maximum atomic E-state index is 12.5. The van der Waals surface area contributed by atoms with Crippen LogP contribution in [0.1, 0.15) is 5.56 Å². The average Bonchev–Trinajstić information content (AvgIpc) is 2.34. The molecule has 0 spiro atoms. The van der Waals surface area contributed by atoms with E-state index in [1.54, 1.807) is 12.1 Å². The molecule has 0 fully saturated rings. The molecule has 6 heteroatoms. The van der Waals surface area contributed by atoms with Crippen LogP contribution in [0.4, 0.5) is 13.2 Å². The van der Waals surface area contributed by atoms with Gasteiger partial charge in [0, 0.05) is 0 Å². The van der Waals surface area contributed by atoms with Gasteiger partial charge in [-0.15, -0.1) is 0 Å². The molecule has 0 unspecified atom stereocenters. The van der Waals surface area contributed by atoms with Crippen molar-refractivity contribution in [1.29, 1.82) is 0 Å². The van der Waals surface area contributed by atoms with E-state index in [2.05, 4.69) is 0 Å². The quantitative estimate of drug-likeness (QED) is 0.681. The summed E-state index contributed by atoms with van der Waals surface area (Å²) in [6.07, 6.45) is -4.42. The van der Waals surface area contributed by atoms with E-state index in [0.29, 0.717) is 0 Å². The number of benzene rings is 2. The van der Waals surface area contributed by atoms with Crippen molar-refractivity contribution in [2.45, 2.75) is 6.18 Å². The number of alkyl halides is 3. The molecule has 0 aliphatic rings. The first-order valence-electron chi connectivity index (χ1n) is 5.17. The van der Waals surface area contributed by atoms with Crippen LogP contribution in [0, 0.1) is 0 Å². The fourth-order valence-electron chi connectivity index (χ4n) is 1.43. The molecule has 100 valence electrons. The van der Waals surface area contributed by atoms with E-state index in [1.165, 1.54) is 18.2 Å². The van der Waals surface area contributed by atoms with Crippen molar-refractivity contribution in [2.75, 3.05) is 0 Å². The van der Waals surface area contributed by atoms with Gasteiger partial charge in [0.05, 0.1) is 10.6 Å². The highest BCUT2D eigenvalue weighted by atomic mass is 35.5. The fourth-order valence-corrected chi connectivity index (χ4v) is 1.76. The van der Waals surface area contributed by atoms with Crippen molar-refractivity contribution < 1.29 is 17.9 Å². The lowest BCUT2D eigenvalue weighted by Gasteiger charge is -2.11. The summed E-state index contributed by atoms with van der Waals surface area (Å²) in [6, 6.07) is 9.21. The second-order valence-electron chi connectivity index (χ2n) is 3.68. The Balaban J connectivity index is 2.31. The average molecular weight is 307 g/mol. The molecule has 0 aliphatic heterocycles. The monoisotopic (exact) mass is 306 g/mol. The summed E-state index contributed by atoms with van der Waals surface area (Å²) in [6.45, 7) is 0. The summed E-state index contributed by atoms with van der Waals surface area (Å²) in [5, 5.41) is 0.424. The van der Waals surface area contributed by atoms with E-state index in [-0.39, 0.29) is 21.5 Å². The molecule has 0 saturated carbocycles. The zero-order valence-electron chi connectivity index (χ0n) is 9.34. The summed E-state index contributed by atoms with van der Waals surface area (Å²) >= 11 is 11.7. The molecule has 0 saturated heterocycles. The number of halogens is 5. The number of hydrogen-bond acceptors (Lipinski definition) is 1. The summed E-state index contributed by atoms with van der Waals surface area (Å²) in [5.74, 6) is 0.243. The molecule has 0 aromatic heterocycles. The topological polar surface area (TPSA) is 9.23 Å². The molecule has 0 heterocycles. The van der Waals surface area contributed by atoms with Crippen LogP contribution in [0.2, 0.25) is 10.0 Å². The highest BCUT2D eigenvalue weighted by Gasteiger charge is 2.30. The number of ether oxygens (including phenoxy) is 1. The lowest BCUT2D eigenvalue weighted by atomic mass is 10.2. The molecule has 0 radical (unpaired) electrons. The summed E-state index contributed by atoms with van der Waals surface area (Å²) in [7, 11) is 0. The Hall–Kier alpha value is -1.39. The van der Waals surface area contributed by atoms with E-state index >= 15 is 0 Å². The maximum absolute atomic E-state index is 12.5. The van der Waals surface area contributed by atoms with Gasteiger partial charge in [-0.1, -0.05) is 35.3 Å². The summed E-state index contributed by atoms with van der Waals surface area (Å²) in [4.78, 5) is 0. The van der Waals surface area contributed by atoms with Gasteiger partial charge in [-0.05, 0) is 30.3 Å². The SMILES string of the molecule is FC(F)(F)c1cccc(Oc2cccc(Cl)c2Cl)c1. The first-order valence-corrected chi connectivity index (χ1v) is 5.92. The van der Waals surface area contributed by atoms with E-state index < -0.39 is 11.7 Å². The van der Waals surface area contributed by atoms with Gasteiger partial charge < -0.3 is 4.74 Å². The van der Waals surface area contributed by atoms with Gasteiger partial charge in [0.2, 0.25) is 0 Å². The Morgan fingerprint density at radius 3 is 2.32 bits per heavy atom. The molecule has 2 aromatic carbocycles. The van der Waals surface area contributed by atoms with Crippen LogP contribution in [-0.4, -0.2) is 0 Å². The molecular weight excluding hydrogens is 300 g/mol. The van der Waals surface area contributed by atoms with Crippen LogP contribution < -0.4 is 4.74 Å². The maximum Gasteiger partial charge on any atom is 0.416 e. The van der Waals surface area contributed by atoms with Crippen LogP contribution in [0.25, 0.3) is 0 Å². The van der Waals surface area contributed by atoms with Gasteiger partial charge in [-0.3, -0.25) is 0 Å². The highest BCUT2D eigenvalue weighted by Crippen LogP contribution is 2.36. The third-order valence-electron chi connectivity index (χ3n) is 2.31. The van der Waals surface area contributed by atoms with Crippen molar-refractivity contribution >= 4 is 23.2 Å². The van der Waals surface area contributed by atoms with Gasteiger partial charge >= 0.3 is 6.18 Å². The zero-order valence-corrected chi connectivity index (χ0v) is 10.9. The fraction of sp³-hybridized carbons (Fsp3) is 0.0769. The van der Waals surface area contributed by atoms with E-state index in [0.717, 1.165) is 12.1 Å². The molecule has 0 bridgehead atoms. The standard InChI is InChI=1S/C13H7Cl2F3O/c14-10-5-2-6-11(12(10)15)19-9-4-1-3-8(7-9)13(16,17)18/h1-7H. The van der Waals surface area contributed by atoms with Crippen molar-refractivity contribution in [2.24, 2.45) is 0 Å². The van der Waals surface area contributed by atoms with Crippen molar-refractivity contribution in [3.8, 4) is 11.5 Å². The number of hydrogen-bond donors (Lipinski definition) is 0. The van der Waals surface area contributed by atoms with Crippen LogP contribution in [0.5, 0.6) is 11.5 Å². The summed E-state index contributed by atoms with van der Waals surface area (Å²) in [5.41, 5.74) is -0.789. The minimum absolute atomic E-state index is 0.0407. The Morgan fingerprint density at radius 1 is 0.947 bits per heavy atom. The largest absolute Gasteiger partial charge is 0.456 e. The minimum atomic E-state index is -4.42. The molecule has 0 atom stereocenters. The van der Waals surface area contributed by atoms with Crippen LogP contribution in [0.3, 0.4) is 0 Å². The highest BCUT2D eigenvalue weighted by molar-refractivity contribution is 6.42. The molecular formula is C13H7Cl2F3O. The smallest absolute Gasteiger partial charge is 0.416 e. The first kappa shape index (κ1) is 14.0. The minimum Gasteiger partial charge on any atom is -0.456 e. The van der Waals surface area contributed by atoms with Gasteiger partial charge in [0.25, 0.3) is 0 Å². The van der Waals surface area contributed by atoms with Crippen LogP contribution >= 0.6 is 23.2 Å². The Labute approximate surface area is 117 Å². The van der Waals surface area contributed by atoms with E-state index in [9.17, 15) is 13.2 Å². The molecule has 0 N–H and O–H groups in total. The first-order chi connectivity index (χ1) is 8.88. The lowest BCUT2D eigenvalue weighted by molar-refractivity contribution is -0.137. The molecule has 2 aromatic rings. The van der Waals surface area contributed by atoms with Crippen LogP contribution in [0.15, 0.2) is 42.5 Å². The normalized spacial score (nSPS) is 11.4. The Morgan fingerprint density at radius 2 is 1.63 bits per heavy atom. The van der Waals surface area contributed by atoms with Crippen molar-refractivity contribution in [3.63, 3.8) is 0 Å². The van der Waals surface area contributed by atoms with Crippen molar-refractivity contribution in [3.05, 3.63) is 58.1 Å². The molecule has 19 heavy (non-hydrogen) atoms. The molecule has 0 aliphatic carbocycles. The summed E-state index contributed by atoms with van der Waals surface area (Å²) < 4.78 is 43.0. The molecule has 1 nitrogen and oxygen atoms in total. The third-order valence-corrected chi connectivity index (χ3v) is 3.11. The van der Waals surface area contributed by atoms with Gasteiger partial charge in [-0.2, -0.15) is 13.2 Å². The lowest BCUT2D eigenvalue weighted by Crippen LogP contribution is -2.04. The zero-order chi connectivity index (χ0) is 14.0. The Kier molecular flexibility index (Phi) is 3.92. The van der Waals surface area contributed by atoms with E-state index in [1.807, 2.05) is 0 Å².